The largest absolute Gasteiger partial charge is 0.398 e. The fourth-order valence-electron chi connectivity index (χ4n) is 1.33. The molecule has 0 saturated heterocycles. The smallest absolute Gasteiger partial charge is 0.240 e. The lowest BCUT2D eigenvalue weighted by Gasteiger charge is -2.09. The van der Waals surface area contributed by atoms with Crippen LogP contribution in [-0.2, 0) is 14.8 Å². The Morgan fingerprint density at radius 1 is 1.42 bits per heavy atom. The summed E-state index contributed by atoms with van der Waals surface area (Å²) in [7, 11) is -3.57. The van der Waals surface area contributed by atoms with Crippen LogP contribution in [0.4, 0.5) is 5.69 Å². The Morgan fingerprint density at radius 3 is 2.68 bits per heavy atom. The normalized spacial score (nSPS) is 12.0. The van der Waals surface area contributed by atoms with E-state index in [1.165, 1.54) is 18.2 Å². The van der Waals surface area contributed by atoms with E-state index in [1.54, 1.807) is 0 Å². The lowest BCUT2D eigenvalue weighted by molar-refractivity contribution is 0.114. The van der Waals surface area contributed by atoms with Gasteiger partial charge in [0.15, 0.2) is 0 Å². The van der Waals surface area contributed by atoms with Gasteiger partial charge in [-0.15, -0.1) is 0 Å². The molecule has 0 spiro atoms. The average molecular weight is 307 g/mol. The highest BCUT2D eigenvalue weighted by atomic mass is 35.5. The molecule has 1 aromatic rings. The van der Waals surface area contributed by atoms with Crippen LogP contribution in [-0.4, -0.2) is 28.2 Å². The maximum absolute atomic E-state index is 11.9. The number of halogens is 1. The van der Waals surface area contributed by atoms with Crippen molar-refractivity contribution in [2.75, 3.05) is 25.5 Å². The molecular weight excluding hydrogens is 288 g/mol. The van der Waals surface area contributed by atoms with E-state index < -0.39 is 10.0 Å². The molecule has 1 aromatic carbocycles. The summed E-state index contributed by atoms with van der Waals surface area (Å²) in [6, 6.07) is 4.21. The van der Waals surface area contributed by atoms with Crippen LogP contribution in [0.2, 0.25) is 5.02 Å². The van der Waals surface area contributed by atoms with Crippen LogP contribution < -0.4 is 10.5 Å². The quantitative estimate of drug-likeness (QED) is 0.595. The minimum Gasteiger partial charge on any atom is -0.398 e. The van der Waals surface area contributed by atoms with Gasteiger partial charge >= 0.3 is 0 Å². The van der Waals surface area contributed by atoms with Gasteiger partial charge in [-0.1, -0.05) is 25.4 Å². The van der Waals surface area contributed by atoms with Crippen molar-refractivity contribution in [3.05, 3.63) is 23.2 Å². The molecule has 5 nitrogen and oxygen atoms in total. The zero-order chi connectivity index (χ0) is 14.5. The zero-order valence-electron chi connectivity index (χ0n) is 11.0. The molecule has 0 saturated carbocycles. The number of nitrogen functional groups attached to an aromatic ring is 1. The summed E-state index contributed by atoms with van der Waals surface area (Å²) in [5, 5.41) is 0.221. The Morgan fingerprint density at radius 2 is 2.11 bits per heavy atom. The minimum atomic E-state index is -3.57. The number of rotatable bonds is 7. The highest BCUT2D eigenvalue weighted by Crippen LogP contribution is 2.22. The third kappa shape index (κ3) is 5.36. The molecule has 0 aliphatic heterocycles. The Balaban J connectivity index is 2.54. The molecule has 3 N–H and O–H groups in total. The number of ether oxygens (including phenoxy) is 1. The van der Waals surface area contributed by atoms with Gasteiger partial charge in [0.05, 0.1) is 22.2 Å². The predicted octanol–water partition coefficient (Wildman–Crippen LogP) is 1.87. The molecule has 0 aromatic heterocycles. The number of hydrogen-bond donors (Lipinski definition) is 2. The van der Waals surface area contributed by atoms with Crippen molar-refractivity contribution in [2.45, 2.75) is 18.7 Å². The van der Waals surface area contributed by atoms with Crippen LogP contribution in [0.1, 0.15) is 13.8 Å². The van der Waals surface area contributed by atoms with Crippen LogP contribution in [0.5, 0.6) is 0 Å². The molecule has 0 aliphatic rings. The van der Waals surface area contributed by atoms with Crippen molar-refractivity contribution in [1.82, 2.24) is 4.72 Å². The van der Waals surface area contributed by atoms with Gasteiger partial charge in [-0.25, -0.2) is 13.1 Å². The SMILES string of the molecule is CC(C)COCCNS(=O)(=O)c1ccc(N)c(Cl)c1. The van der Waals surface area contributed by atoms with Crippen molar-refractivity contribution < 1.29 is 13.2 Å². The summed E-state index contributed by atoms with van der Waals surface area (Å²) in [6.07, 6.45) is 0. The van der Waals surface area contributed by atoms with Gasteiger partial charge < -0.3 is 10.5 Å². The molecule has 0 aliphatic carbocycles. The van der Waals surface area contributed by atoms with Crippen molar-refractivity contribution in [3.8, 4) is 0 Å². The van der Waals surface area contributed by atoms with E-state index in [4.69, 9.17) is 22.1 Å². The van der Waals surface area contributed by atoms with E-state index in [2.05, 4.69) is 4.72 Å². The molecule has 0 bridgehead atoms. The van der Waals surface area contributed by atoms with E-state index in [0.717, 1.165) is 0 Å². The number of hydrogen-bond acceptors (Lipinski definition) is 4. The fourth-order valence-corrected chi connectivity index (χ4v) is 2.61. The standard InChI is InChI=1S/C12H19ClN2O3S/c1-9(2)8-18-6-5-15-19(16,17)10-3-4-12(14)11(13)7-10/h3-4,7,9,15H,5-6,8,14H2,1-2H3. The van der Waals surface area contributed by atoms with Crippen LogP contribution >= 0.6 is 11.6 Å². The maximum atomic E-state index is 11.9. The van der Waals surface area contributed by atoms with Gasteiger partial charge in [0, 0.05) is 13.2 Å². The Hall–Kier alpha value is -0.820. The monoisotopic (exact) mass is 306 g/mol. The minimum absolute atomic E-state index is 0.0931. The first-order chi connectivity index (χ1) is 8.83. The molecule has 1 rings (SSSR count). The first kappa shape index (κ1) is 16.2. The molecular formula is C12H19ClN2O3S. The maximum Gasteiger partial charge on any atom is 0.240 e. The van der Waals surface area contributed by atoms with E-state index in [-0.39, 0.29) is 16.5 Å². The third-order valence-corrected chi connectivity index (χ3v) is 4.06. The van der Waals surface area contributed by atoms with Gasteiger partial charge in [0.25, 0.3) is 0 Å². The lowest BCUT2D eigenvalue weighted by Crippen LogP contribution is -2.27. The first-order valence-corrected chi connectivity index (χ1v) is 7.81. The molecule has 108 valence electrons. The van der Waals surface area contributed by atoms with E-state index in [0.29, 0.717) is 24.8 Å². The Kier molecular flexibility index (Phi) is 6.06. The van der Waals surface area contributed by atoms with E-state index in [9.17, 15) is 8.42 Å². The van der Waals surface area contributed by atoms with Crippen LogP contribution in [0.15, 0.2) is 23.1 Å². The van der Waals surface area contributed by atoms with Crippen molar-refractivity contribution in [3.63, 3.8) is 0 Å². The third-order valence-electron chi connectivity index (χ3n) is 2.27. The van der Waals surface area contributed by atoms with E-state index in [1.807, 2.05) is 13.8 Å². The molecule has 0 heterocycles. The molecule has 0 radical (unpaired) electrons. The zero-order valence-corrected chi connectivity index (χ0v) is 12.6. The van der Waals surface area contributed by atoms with Crippen molar-refractivity contribution in [2.24, 2.45) is 5.92 Å². The predicted molar refractivity (Wildman–Crippen MR) is 76.7 cm³/mol. The lowest BCUT2D eigenvalue weighted by atomic mass is 10.2. The van der Waals surface area contributed by atoms with Gasteiger partial charge in [-0.05, 0) is 24.1 Å². The summed E-state index contributed by atoms with van der Waals surface area (Å²) < 4.78 is 31.6. The molecule has 0 amide bonds. The molecule has 0 unspecified atom stereocenters. The summed E-state index contributed by atoms with van der Waals surface area (Å²) >= 11 is 5.80. The molecule has 7 heteroatoms. The molecule has 0 fully saturated rings. The van der Waals surface area contributed by atoms with Gasteiger partial charge in [-0.3, -0.25) is 0 Å². The summed E-state index contributed by atoms with van der Waals surface area (Å²) in [4.78, 5) is 0.0931. The highest BCUT2D eigenvalue weighted by Gasteiger charge is 2.14. The number of sulfonamides is 1. The van der Waals surface area contributed by atoms with E-state index >= 15 is 0 Å². The molecule has 19 heavy (non-hydrogen) atoms. The van der Waals surface area contributed by atoms with Crippen molar-refractivity contribution in [1.29, 1.82) is 0 Å². The Bertz CT molecular complexity index is 518. The number of nitrogens with one attached hydrogen (secondary N) is 1. The summed E-state index contributed by atoms with van der Waals surface area (Å²) in [5.74, 6) is 0.424. The van der Waals surface area contributed by atoms with Gasteiger partial charge in [0.2, 0.25) is 10.0 Å². The topological polar surface area (TPSA) is 81.4 Å². The number of nitrogens with two attached hydrogens (primary N) is 1. The summed E-state index contributed by atoms with van der Waals surface area (Å²) in [6.45, 7) is 5.22. The van der Waals surface area contributed by atoms with Crippen LogP contribution in [0.3, 0.4) is 0 Å². The Labute approximate surface area is 119 Å². The van der Waals surface area contributed by atoms with Gasteiger partial charge in [-0.2, -0.15) is 0 Å². The highest BCUT2D eigenvalue weighted by molar-refractivity contribution is 7.89. The van der Waals surface area contributed by atoms with Crippen molar-refractivity contribution >= 4 is 27.3 Å². The van der Waals surface area contributed by atoms with Gasteiger partial charge in [0.1, 0.15) is 0 Å². The fraction of sp³-hybridized carbons (Fsp3) is 0.500. The number of anilines is 1. The second-order valence-corrected chi connectivity index (χ2v) is 6.72. The number of benzene rings is 1. The average Bonchev–Trinajstić information content (AvgIpc) is 2.31. The van der Waals surface area contributed by atoms with Crippen LogP contribution in [0.25, 0.3) is 0 Å². The molecule has 0 atom stereocenters. The second kappa shape index (κ2) is 7.09. The summed E-state index contributed by atoms with van der Waals surface area (Å²) in [5.41, 5.74) is 5.88. The van der Waals surface area contributed by atoms with Crippen LogP contribution in [0, 0.1) is 5.92 Å². The first-order valence-electron chi connectivity index (χ1n) is 5.95. The second-order valence-electron chi connectivity index (χ2n) is 4.55.